The van der Waals surface area contributed by atoms with Crippen LogP contribution in [0.1, 0.15) is 32.5 Å². The highest BCUT2D eigenvalue weighted by atomic mass is 16.5. The second-order valence-corrected chi connectivity index (χ2v) is 4.60. The first kappa shape index (κ1) is 13.6. The number of esters is 1. The molecule has 6 nitrogen and oxygen atoms in total. The molecule has 0 N–H and O–H groups in total. The van der Waals surface area contributed by atoms with Gasteiger partial charge in [0, 0.05) is 0 Å². The van der Waals surface area contributed by atoms with Gasteiger partial charge in [0.15, 0.2) is 5.82 Å². The van der Waals surface area contributed by atoms with Gasteiger partial charge in [-0.3, -0.25) is 4.79 Å². The van der Waals surface area contributed by atoms with Crippen molar-refractivity contribution in [3.05, 3.63) is 11.7 Å². The zero-order chi connectivity index (χ0) is 13.1. The molecule has 17 heavy (non-hydrogen) atoms. The summed E-state index contributed by atoms with van der Waals surface area (Å²) in [5.74, 6) is 0.482. The zero-order valence-electron chi connectivity index (χ0n) is 11.0. The van der Waals surface area contributed by atoms with Gasteiger partial charge in [-0.2, -0.15) is 4.98 Å². The molecule has 0 atom stereocenters. The molecule has 0 fully saturated rings. The van der Waals surface area contributed by atoms with E-state index in [1.807, 2.05) is 19.0 Å². The summed E-state index contributed by atoms with van der Waals surface area (Å²) < 4.78 is 10.1. The third kappa shape index (κ3) is 3.26. The minimum atomic E-state index is -0.909. The monoisotopic (exact) mass is 241 g/mol. The van der Waals surface area contributed by atoms with Gasteiger partial charge in [-0.25, -0.2) is 0 Å². The van der Waals surface area contributed by atoms with Crippen molar-refractivity contribution in [2.45, 2.75) is 32.7 Å². The van der Waals surface area contributed by atoms with Crippen LogP contribution in [0.25, 0.3) is 0 Å². The molecular formula is C11H19N3O3. The normalized spacial score (nSPS) is 11.9. The molecule has 0 spiro atoms. The molecule has 0 unspecified atom stereocenters. The van der Waals surface area contributed by atoms with E-state index in [4.69, 9.17) is 9.26 Å². The molecule has 1 rings (SSSR count). The maximum absolute atomic E-state index is 11.7. The fourth-order valence-corrected chi connectivity index (χ4v) is 1.25. The minimum absolute atomic E-state index is 0.285. The summed E-state index contributed by atoms with van der Waals surface area (Å²) in [6.07, 6.45) is 0. The van der Waals surface area contributed by atoms with E-state index < -0.39 is 5.41 Å². The summed E-state index contributed by atoms with van der Waals surface area (Å²) >= 11 is 0. The third-order valence-corrected chi connectivity index (χ3v) is 2.25. The summed E-state index contributed by atoms with van der Waals surface area (Å²) in [7, 11) is 3.82. The van der Waals surface area contributed by atoms with Crippen LogP contribution in [0.5, 0.6) is 0 Å². The van der Waals surface area contributed by atoms with Crippen molar-refractivity contribution in [2.75, 3.05) is 20.7 Å². The van der Waals surface area contributed by atoms with E-state index >= 15 is 0 Å². The van der Waals surface area contributed by atoms with Crippen LogP contribution in [0.3, 0.4) is 0 Å². The molecule has 1 aromatic heterocycles. The first-order valence-corrected chi connectivity index (χ1v) is 5.53. The Bertz CT molecular complexity index is 385. The van der Waals surface area contributed by atoms with Crippen LogP contribution in [-0.4, -0.2) is 41.7 Å². The van der Waals surface area contributed by atoms with Gasteiger partial charge in [-0.05, 0) is 34.9 Å². The van der Waals surface area contributed by atoms with E-state index in [1.165, 1.54) is 0 Å². The van der Waals surface area contributed by atoms with Crippen LogP contribution in [0.4, 0.5) is 0 Å². The van der Waals surface area contributed by atoms with Gasteiger partial charge in [0.25, 0.3) is 0 Å². The minimum Gasteiger partial charge on any atom is -0.465 e. The number of nitrogens with zero attached hydrogens (tertiary/aromatic N) is 3. The molecule has 0 radical (unpaired) electrons. The lowest BCUT2D eigenvalue weighted by atomic mass is 9.94. The van der Waals surface area contributed by atoms with Crippen molar-refractivity contribution < 1.29 is 14.1 Å². The lowest BCUT2D eigenvalue weighted by Crippen LogP contribution is -2.31. The van der Waals surface area contributed by atoms with Gasteiger partial charge in [-0.1, -0.05) is 5.16 Å². The van der Waals surface area contributed by atoms with Crippen LogP contribution < -0.4 is 0 Å². The second-order valence-electron chi connectivity index (χ2n) is 4.60. The Morgan fingerprint density at radius 2 is 2.12 bits per heavy atom. The first-order chi connectivity index (χ1) is 7.87. The van der Waals surface area contributed by atoms with E-state index in [2.05, 4.69) is 10.1 Å². The number of ether oxygens (including phenoxy) is 1. The lowest BCUT2D eigenvalue weighted by Gasteiger charge is -2.17. The van der Waals surface area contributed by atoms with Crippen LogP contribution in [-0.2, 0) is 21.5 Å². The summed E-state index contributed by atoms with van der Waals surface area (Å²) in [4.78, 5) is 17.9. The molecule has 0 bridgehead atoms. The molecule has 1 aromatic rings. The van der Waals surface area contributed by atoms with Crippen molar-refractivity contribution in [1.29, 1.82) is 0 Å². The number of hydrogen-bond donors (Lipinski definition) is 0. The standard InChI is InChI=1S/C11H19N3O3/c1-6-16-10(15)11(2,3)9-12-8(13-17-9)7-14(4)5/h6-7H2,1-5H3. The maximum atomic E-state index is 11.7. The van der Waals surface area contributed by atoms with Gasteiger partial charge >= 0.3 is 5.97 Å². The Morgan fingerprint density at radius 3 is 2.65 bits per heavy atom. The van der Waals surface area contributed by atoms with Gasteiger partial charge in [0.05, 0.1) is 13.2 Å². The largest absolute Gasteiger partial charge is 0.465 e. The highest BCUT2D eigenvalue weighted by Gasteiger charge is 2.37. The summed E-state index contributed by atoms with van der Waals surface area (Å²) in [6, 6.07) is 0. The number of aromatic nitrogens is 2. The molecule has 96 valence electrons. The Labute approximate surface area is 101 Å². The van der Waals surface area contributed by atoms with Crippen LogP contribution in [0, 0.1) is 0 Å². The van der Waals surface area contributed by atoms with E-state index in [1.54, 1.807) is 20.8 Å². The van der Waals surface area contributed by atoms with Crippen LogP contribution in [0.15, 0.2) is 4.52 Å². The maximum Gasteiger partial charge on any atom is 0.321 e. The zero-order valence-corrected chi connectivity index (χ0v) is 11.0. The Hall–Kier alpha value is -1.43. The fourth-order valence-electron chi connectivity index (χ4n) is 1.25. The Balaban J connectivity index is 2.84. The van der Waals surface area contributed by atoms with Gasteiger partial charge in [0.2, 0.25) is 5.89 Å². The summed E-state index contributed by atoms with van der Waals surface area (Å²) in [6.45, 7) is 6.08. The van der Waals surface area contributed by atoms with Crippen molar-refractivity contribution in [1.82, 2.24) is 15.0 Å². The molecule has 1 heterocycles. The van der Waals surface area contributed by atoms with Crippen molar-refractivity contribution >= 4 is 5.97 Å². The van der Waals surface area contributed by atoms with Crippen molar-refractivity contribution in [3.8, 4) is 0 Å². The SMILES string of the molecule is CCOC(=O)C(C)(C)c1nc(CN(C)C)no1. The number of carbonyl (C=O) groups excluding carboxylic acids is 1. The first-order valence-electron chi connectivity index (χ1n) is 5.53. The highest BCUT2D eigenvalue weighted by Crippen LogP contribution is 2.23. The van der Waals surface area contributed by atoms with Crippen molar-refractivity contribution in [2.24, 2.45) is 0 Å². The van der Waals surface area contributed by atoms with E-state index in [-0.39, 0.29) is 11.9 Å². The molecule has 0 aliphatic heterocycles. The van der Waals surface area contributed by atoms with E-state index in [0.29, 0.717) is 19.0 Å². The molecule has 0 aliphatic rings. The van der Waals surface area contributed by atoms with Crippen LogP contribution in [0.2, 0.25) is 0 Å². The predicted octanol–water partition coefficient (Wildman–Crippen LogP) is 0.972. The third-order valence-electron chi connectivity index (χ3n) is 2.25. The topological polar surface area (TPSA) is 68.5 Å². The van der Waals surface area contributed by atoms with Crippen molar-refractivity contribution in [3.63, 3.8) is 0 Å². The van der Waals surface area contributed by atoms with Gasteiger partial charge in [0.1, 0.15) is 5.41 Å². The quantitative estimate of drug-likeness (QED) is 0.715. The molecule has 0 saturated heterocycles. The average Bonchev–Trinajstić information content (AvgIpc) is 2.66. The Morgan fingerprint density at radius 1 is 1.47 bits per heavy atom. The number of carbonyl (C=O) groups is 1. The molecular weight excluding hydrogens is 222 g/mol. The van der Waals surface area contributed by atoms with Crippen LogP contribution >= 0.6 is 0 Å². The average molecular weight is 241 g/mol. The molecule has 0 amide bonds. The molecule has 6 heteroatoms. The number of rotatable bonds is 5. The fraction of sp³-hybridized carbons (Fsp3) is 0.727. The van der Waals surface area contributed by atoms with E-state index in [0.717, 1.165) is 0 Å². The Kier molecular flexibility index (Phi) is 4.22. The number of hydrogen-bond acceptors (Lipinski definition) is 6. The van der Waals surface area contributed by atoms with E-state index in [9.17, 15) is 4.79 Å². The summed E-state index contributed by atoms with van der Waals surface area (Å²) in [5.41, 5.74) is -0.909. The smallest absolute Gasteiger partial charge is 0.321 e. The van der Waals surface area contributed by atoms with Gasteiger partial charge < -0.3 is 14.2 Å². The summed E-state index contributed by atoms with van der Waals surface area (Å²) in [5, 5.41) is 3.83. The molecule has 0 aliphatic carbocycles. The van der Waals surface area contributed by atoms with Gasteiger partial charge in [-0.15, -0.1) is 0 Å². The molecule has 0 aromatic carbocycles. The molecule has 0 saturated carbocycles. The predicted molar refractivity (Wildman–Crippen MR) is 61.3 cm³/mol. The second kappa shape index (κ2) is 5.27. The lowest BCUT2D eigenvalue weighted by molar-refractivity contribution is -0.149. The highest BCUT2D eigenvalue weighted by molar-refractivity contribution is 5.80.